The number of thioether (sulfide) groups is 1. The average molecular weight is 539 g/mol. The lowest BCUT2D eigenvalue weighted by Gasteiger charge is -2.06. The molecule has 36 heavy (non-hydrogen) atoms. The van der Waals surface area contributed by atoms with Crippen molar-refractivity contribution < 1.29 is 9.59 Å². The normalized spacial score (nSPS) is 17.1. The number of carbonyl (C=O) groups excluding carboxylic acids is 2. The minimum absolute atomic E-state index is 0.157. The smallest absolute Gasteiger partial charge is 0.232 e. The van der Waals surface area contributed by atoms with Crippen molar-refractivity contribution in [3.63, 3.8) is 0 Å². The summed E-state index contributed by atoms with van der Waals surface area (Å²) in [5.41, 5.74) is 1.42. The van der Waals surface area contributed by atoms with Crippen molar-refractivity contribution in [1.29, 1.82) is 0 Å². The maximum absolute atomic E-state index is 12.3. The summed E-state index contributed by atoms with van der Waals surface area (Å²) >= 11 is 4.49. The first-order valence-electron chi connectivity index (χ1n) is 11.3. The molecule has 0 spiro atoms. The van der Waals surface area contributed by atoms with Gasteiger partial charge >= 0.3 is 0 Å². The first kappa shape index (κ1) is 24.4. The van der Waals surface area contributed by atoms with E-state index in [1.807, 2.05) is 36.4 Å². The molecule has 4 aromatic rings. The molecule has 0 radical (unpaired) electrons. The number of carbonyl (C=O) groups is 2. The van der Waals surface area contributed by atoms with Crippen LogP contribution in [0.5, 0.6) is 0 Å². The Bertz CT molecular complexity index is 1320. The van der Waals surface area contributed by atoms with E-state index in [0.29, 0.717) is 32.8 Å². The highest BCUT2D eigenvalue weighted by Gasteiger charge is 2.30. The van der Waals surface area contributed by atoms with E-state index < -0.39 is 0 Å². The van der Waals surface area contributed by atoms with Crippen LogP contribution in [0.4, 0.5) is 10.3 Å². The number of hydrogen-bond donors (Lipinski definition) is 2. The molecule has 1 aliphatic rings. The third-order valence-electron chi connectivity index (χ3n) is 5.48. The largest absolute Gasteiger partial charge is 0.300 e. The lowest BCUT2D eigenvalue weighted by atomic mass is 10.1. The molecule has 0 aromatic carbocycles. The Hall–Kier alpha value is -3.29. The zero-order valence-electron chi connectivity index (χ0n) is 19.0. The summed E-state index contributed by atoms with van der Waals surface area (Å²) < 4.78 is 0.827. The number of amides is 2. The summed E-state index contributed by atoms with van der Waals surface area (Å²) in [6, 6.07) is 11.0. The van der Waals surface area contributed by atoms with Crippen LogP contribution in [0.2, 0.25) is 0 Å². The van der Waals surface area contributed by atoms with Crippen molar-refractivity contribution in [2.24, 2.45) is 0 Å². The van der Waals surface area contributed by atoms with Crippen LogP contribution in [0.1, 0.15) is 41.6 Å². The number of nitrogens with one attached hydrogen (secondary N) is 2. The van der Waals surface area contributed by atoms with E-state index in [4.69, 9.17) is 0 Å². The number of rotatable bonds is 9. The van der Waals surface area contributed by atoms with Crippen LogP contribution in [0.25, 0.3) is 0 Å². The fraction of sp³-hybridized carbons (Fsp3) is 0.304. The number of aromatic nitrogens is 6. The Balaban J connectivity index is 1.09. The van der Waals surface area contributed by atoms with Gasteiger partial charge in [-0.3, -0.25) is 19.6 Å². The molecular formula is C23H22N8O2S3. The second-order valence-corrected chi connectivity index (χ2v) is 11.7. The lowest BCUT2D eigenvalue weighted by molar-refractivity contribution is -0.116. The van der Waals surface area contributed by atoms with Gasteiger partial charge in [0.2, 0.25) is 22.1 Å². The van der Waals surface area contributed by atoms with Gasteiger partial charge in [0, 0.05) is 34.9 Å². The van der Waals surface area contributed by atoms with Gasteiger partial charge in [0.1, 0.15) is 5.01 Å². The summed E-state index contributed by atoms with van der Waals surface area (Å²) in [6.45, 7) is 0. The van der Waals surface area contributed by atoms with E-state index in [9.17, 15) is 9.59 Å². The van der Waals surface area contributed by atoms with Gasteiger partial charge in [0.15, 0.2) is 4.34 Å². The molecule has 1 aliphatic carbocycles. The Labute approximate surface area is 219 Å². The van der Waals surface area contributed by atoms with Crippen LogP contribution < -0.4 is 10.6 Å². The van der Waals surface area contributed by atoms with Gasteiger partial charge in [-0.05, 0) is 43.5 Å². The number of hydrogen-bond acceptors (Lipinski definition) is 11. The van der Waals surface area contributed by atoms with Gasteiger partial charge in [0.05, 0.1) is 12.8 Å². The Kier molecular flexibility index (Phi) is 7.88. The van der Waals surface area contributed by atoms with Gasteiger partial charge < -0.3 is 10.6 Å². The number of pyridine rings is 2. The molecule has 184 valence electrons. The van der Waals surface area contributed by atoms with Crippen LogP contribution in [-0.2, 0) is 22.4 Å². The van der Waals surface area contributed by atoms with E-state index in [-0.39, 0.29) is 24.7 Å². The second-order valence-electron chi connectivity index (χ2n) is 8.16. The first-order chi connectivity index (χ1) is 17.6. The van der Waals surface area contributed by atoms with Crippen LogP contribution in [0.3, 0.4) is 0 Å². The maximum atomic E-state index is 12.3. The highest BCUT2D eigenvalue weighted by molar-refractivity contribution is 8.01. The zero-order valence-corrected chi connectivity index (χ0v) is 21.5. The Morgan fingerprint density at radius 2 is 1.47 bits per heavy atom. The van der Waals surface area contributed by atoms with Crippen molar-refractivity contribution >= 4 is 56.5 Å². The third-order valence-corrected chi connectivity index (χ3v) is 8.69. The van der Waals surface area contributed by atoms with Crippen molar-refractivity contribution in [3.05, 3.63) is 65.2 Å². The molecule has 0 aliphatic heterocycles. The summed E-state index contributed by atoms with van der Waals surface area (Å²) in [6.07, 6.45) is 6.70. The van der Waals surface area contributed by atoms with Gasteiger partial charge in [-0.15, -0.1) is 20.4 Å². The molecule has 2 amide bonds. The highest BCUT2D eigenvalue weighted by atomic mass is 32.2. The van der Waals surface area contributed by atoms with Crippen molar-refractivity contribution in [2.75, 3.05) is 10.6 Å². The number of anilines is 2. The second kappa shape index (κ2) is 11.6. The topological polar surface area (TPSA) is 136 Å². The van der Waals surface area contributed by atoms with Crippen molar-refractivity contribution in [2.45, 2.75) is 47.6 Å². The van der Waals surface area contributed by atoms with Gasteiger partial charge in [0.25, 0.3) is 0 Å². The van der Waals surface area contributed by atoms with E-state index >= 15 is 0 Å². The molecule has 0 unspecified atom stereocenters. The van der Waals surface area contributed by atoms with Crippen LogP contribution in [-0.4, -0.2) is 47.4 Å². The lowest BCUT2D eigenvalue weighted by Crippen LogP contribution is -2.14. The van der Waals surface area contributed by atoms with Gasteiger partial charge in [-0.1, -0.05) is 46.6 Å². The summed E-state index contributed by atoms with van der Waals surface area (Å²) in [5.74, 6) is -0.0242. The average Bonchev–Trinajstić information content (AvgIpc) is 3.62. The molecule has 0 bridgehead atoms. The van der Waals surface area contributed by atoms with E-state index in [2.05, 4.69) is 41.0 Å². The molecule has 0 saturated heterocycles. The summed E-state index contributed by atoms with van der Waals surface area (Å²) in [4.78, 5) is 32.9. The zero-order chi connectivity index (χ0) is 24.7. The Morgan fingerprint density at radius 1 is 0.833 bits per heavy atom. The predicted octanol–water partition coefficient (Wildman–Crippen LogP) is 3.97. The molecule has 10 nitrogen and oxygen atoms in total. The SMILES string of the molecule is O=C(Cc1ccccn1)Nc1nnc(S[C@H]2CC[C@@H](c3nnc(NC(=O)Cc4ccccn4)s3)C2)s1. The van der Waals surface area contributed by atoms with Crippen molar-refractivity contribution in [3.8, 4) is 0 Å². The predicted molar refractivity (Wildman–Crippen MR) is 139 cm³/mol. The summed E-state index contributed by atoms with van der Waals surface area (Å²) in [5, 5.41) is 24.8. The molecule has 4 aromatic heterocycles. The highest BCUT2D eigenvalue weighted by Crippen LogP contribution is 2.44. The fourth-order valence-electron chi connectivity index (χ4n) is 3.83. The van der Waals surface area contributed by atoms with E-state index in [1.54, 1.807) is 24.2 Å². The monoisotopic (exact) mass is 538 g/mol. The molecule has 5 rings (SSSR count). The summed E-state index contributed by atoms with van der Waals surface area (Å²) in [7, 11) is 0. The van der Waals surface area contributed by atoms with Crippen LogP contribution >= 0.6 is 34.4 Å². The standard InChI is InChI=1S/C23H22N8O2S3/c32-18(12-15-5-1-3-9-24-15)26-21-29-28-20(35-21)14-7-8-17(11-14)34-23-31-30-22(36-23)27-19(33)13-16-6-2-4-10-25-16/h1-6,9-10,14,17H,7-8,11-13H2,(H,26,29,32)(H,27,30,33)/t14-,17+/m1/s1. The molecular weight excluding hydrogens is 517 g/mol. The quantitative estimate of drug-likeness (QED) is 0.303. The minimum atomic E-state index is -0.165. The number of nitrogens with zero attached hydrogens (tertiary/aromatic N) is 6. The third kappa shape index (κ3) is 6.68. The minimum Gasteiger partial charge on any atom is -0.300 e. The van der Waals surface area contributed by atoms with Crippen LogP contribution in [0, 0.1) is 0 Å². The molecule has 13 heteroatoms. The van der Waals surface area contributed by atoms with Gasteiger partial charge in [-0.2, -0.15) is 0 Å². The van der Waals surface area contributed by atoms with E-state index in [1.165, 1.54) is 22.7 Å². The Morgan fingerprint density at radius 3 is 2.11 bits per heavy atom. The van der Waals surface area contributed by atoms with Crippen LogP contribution in [0.15, 0.2) is 53.1 Å². The maximum Gasteiger partial charge on any atom is 0.232 e. The first-order valence-corrected chi connectivity index (χ1v) is 13.8. The molecule has 2 N–H and O–H groups in total. The van der Waals surface area contributed by atoms with Crippen molar-refractivity contribution in [1.82, 2.24) is 30.4 Å². The van der Waals surface area contributed by atoms with Gasteiger partial charge in [-0.25, -0.2) is 0 Å². The molecule has 1 saturated carbocycles. The van der Waals surface area contributed by atoms with E-state index in [0.717, 1.165) is 28.6 Å². The molecule has 4 heterocycles. The molecule has 2 atom stereocenters. The molecule has 1 fully saturated rings. The fourth-order valence-corrected chi connectivity index (χ4v) is 7.03.